The van der Waals surface area contributed by atoms with Crippen LogP contribution in [0.15, 0.2) is 46.0 Å². The minimum absolute atomic E-state index is 0.0645. The van der Waals surface area contributed by atoms with Gasteiger partial charge in [0.05, 0.1) is 13.4 Å². The standard InChI is InChI=1S/C20H27ClN4O3/c1-25(2)19(26)14-24-20(23-11-9-16-5-4-12-28-16)22-10-8-15-6-7-17(27-3)13-18(15)21/h4-7,12-13H,8-11,14H2,1-3H3,(H2,22,23,24). The van der Waals surface area contributed by atoms with Crippen LogP contribution in [0.5, 0.6) is 5.75 Å². The Bertz CT molecular complexity index is 776. The number of likely N-dealkylation sites (N-methyl/N-ethyl adjacent to an activating group) is 1. The zero-order valence-corrected chi connectivity index (χ0v) is 17.3. The molecule has 1 heterocycles. The fourth-order valence-corrected chi connectivity index (χ4v) is 2.66. The lowest BCUT2D eigenvalue weighted by atomic mass is 10.1. The van der Waals surface area contributed by atoms with E-state index in [0.29, 0.717) is 30.5 Å². The fraction of sp³-hybridized carbons (Fsp3) is 0.400. The smallest absolute Gasteiger partial charge is 0.243 e. The summed E-state index contributed by atoms with van der Waals surface area (Å²) in [4.78, 5) is 17.7. The van der Waals surface area contributed by atoms with Crippen LogP contribution >= 0.6 is 11.6 Å². The number of nitrogens with one attached hydrogen (secondary N) is 2. The topological polar surface area (TPSA) is 79.1 Å². The normalized spacial score (nSPS) is 11.2. The van der Waals surface area contributed by atoms with Crippen LogP contribution in [-0.2, 0) is 17.6 Å². The molecule has 2 N–H and O–H groups in total. The van der Waals surface area contributed by atoms with E-state index in [9.17, 15) is 4.79 Å². The van der Waals surface area contributed by atoms with E-state index in [-0.39, 0.29) is 12.5 Å². The number of hydrogen-bond acceptors (Lipinski definition) is 4. The van der Waals surface area contributed by atoms with Crippen LogP contribution < -0.4 is 15.4 Å². The first-order valence-electron chi connectivity index (χ1n) is 9.06. The van der Waals surface area contributed by atoms with Crippen molar-refractivity contribution < 1.29 is 13.9 Å². The number of halogens is 1. The molecule has 7 nitrogen and oxygen atoms in total. The maximum atomic E-state index is 11.8. The number of nitrogens with zero attached hydrogens (tertiary/aromatic N) is 2. The monoisotopic (exact) mass is 406 g/mol. The highest BCUT2D eigenvalue weighted by atomic mass is 35.5. The first kappa shape index (κ1) is 21.6. The molecule has 0 aliphatic carbocycles. The highest BCUT2D eigenvalue weighted by Crippen LogP contribution is 2.22. The van der Waals surface area contributed by atoms with Gasteiger partial charge in [-0.1, -0.05) is 17.7 Å². The lowest BCUT2D eigenvalue weighted by Crippen LogP contribution is -2.40. The molecular weight excluding hydrogens is 380 g/mol. The summed E-state index contributed by atoms with van der Waals surface area (Å²) >= 11 is 6.29. The van der Waals surface area contributed by atoms with Gasteiger partial charge in [0, 0.05) is 38.6 Å². The molecule has 0 radical (unpaired) electrons. The summed E-state index contributed by atoms with van der Waals surface area (Å²) < 4.78 is 10.5. The maximum Gasteiger partial charge on any atom is 0.243 e. The predicted octanol–water partition coefficient (Wildman–Crippen LogP) is 2.35. The van der Waals surface area contributed by atoms with Crippen molar-refractivity contribution in [1.82, 2.24) is 15.5 Å². The predicted molar refractivity (Wildman–Crippen MR) is 111 cm³/mol. The number of furan rings is 1. The summed E-state index contributed by atoms with van der Waals surface area (Å²) in [6.07, 6.45) is 3.08. The second kappa shape index (κ2) is 11.2. The van der Waals surface area contributed by atoms with Gasteiger partial charge >= 0.3 is 0 Å². The average Bonchev–Trinajstić information content (AvgIpc) is 3.19. The molecule has 0 aliphatic rings. The van der Waals surface area contributed by atoms with E-state index in [0.717, 1.165) is 23.5 Å². The summed E-state index contributed by atoms with van der Waals surface area (Å²) in [6.45, 7) is 1.33. The fourth-order valence-electron chi connectivity index (χ4n) is 2.39. The average molecular weight is 407 g/mol. The van der Waals surface area contributed by atoms with Crippen LogP contribution in [0.3, 0.4) is 0 Å². The van der Waals surface area contributed by atoms with Crippen molar-refractivity contribution in [2.45, 2.75) is 12.8 Å². The van der Waals surface area contributed by atoms with Crippen LogP contribution in [0.1, 0.15) is 11.3 Å². The van der Waals surface area contributed by atoms with E-state index in [1.54, 1.807) is 33.5 Å². The quantitative estimate of drug-likeness (QED) is 0.493. The largest absolute Gasteiger partial charge is 0.497 e. The molecule has 28 heavy (non-hydrogen) atoms. The number of ether oxygens (including phenoxy) is 1. The number of guanidine groups is 1. The molecule has 0 atom stereocenters. The lowest BCUT2D eigenvalue weighted by molar-refractivity contribution is -0.127. The van der Waals surface area contributed by atoms with Crippen LogP contribution in [0, 0.1) is 0 Å². The van der Waals surface area contributed by atoms with Crippen molar-refractivity contribution >= 4 is 23.5 Å². The number of methoxy groups -OCH3 is 1. The van der Waals surface area contributed by atoms with Gasteiger partial charge in [-0.3, -0.25) is 4.79 Å². The van der Waals surface area contributed by atoms with Gasteiger partial charge in [-0.15, -0.1) is 0 Å². The second-order valence-corrected chi connectivity index (χ2v) is 6.75. The van der Waals surface area contributed by atoms with Gasteiger partial charge in [-0.05, 0) is 36.2 Å². The van der Waals surface area contributed by atoms with Gasteiger partial charge in [0.2, 0.25) is 5.91 Å². The molecule has 0 saturated heterocycles. The molecule has 1 amide bonds. The van der Waals surface area contributed by atoms with Gasteiger partial charge < -0.3 is 24.7 Å². The molecule has 1 aromatic carbocycles. The second-order valence-electron chi connectivity index (χ2n) is 6.34. The Morgan fingerprint density at radius 1 is 1.21 bits per heavy atom. The number of benzene rings is 1. The van der Waals surface area contributed by atoms with E-state index in [2.05, 4.69) is 15.6 Å². The molecule has 0 spiro atoms. The molecule has 0 unspecified atom stereocenters. The third kappa shape index (κ3) is 7.15. The highest BCUT2D eigenvalue weighted by molar-refractivity contribution is 6.31. The summed E-state index contributed by atoms with van der Waals surface area (Å²) in [5, 5.41) is 7.13. The molecule has 2 aromatic rings. The third-order valence-corrected chi connectivity index (χ3v) is 4.41. The van der Waals surface area contributed by atoms with Gasteiger partial charge in [0.25, 0.3) is 0 Å². The Hall–Kier alpha value is -2.67. The molecule has 8 heteroatoms. The van der Waals surface area contributed by atoms with E-state index in [1.807, 2.05) is 24.3 Å². The summed E-state index contributed by atoms with van der Waals surface area (Å²) in [7, 11) is 5.03. The molecule has 152 valence electrons. The van der Waals surface area contributed by atoms with Crippen LogP contribution in [0.2, 0.25) is 5.02 Å². The Morgan fingerprint density at radius 3 is 2.57 bits per heavy atom. The van der Waals surface area contributed by atoms with Gasteiger partial charge in [-0.25, -0.2) is 4.99 Å². The number of carbonyl (C=O) groups excluding carboxylic acids is 1. The Labute approximate surface area is 170 Å². The zero-order valence-electron chi connectivity index (χ0n) is 16.5. The third-order valence-electron chi connectivity index (χ3n) is 4.06. The number of hydrogen-bond donors (Lipinski definition) is 2. The van der Waals surface area contributed by atoms with Crippen LogP contribution in [0.25, 0.3) is 0 Å². The number of rotatable bonds is 9. The number of carbonyl (C=O) groups is 1. The number of amides is 1. The van der Waals surface area contributed by atoms with Crippen molar-refractivity contribution in [3.05, 3.63) is 52.9 Å². The van der Waals surface area contributed by atoms with Crippen molar-refractivity contribution in [3.8, 4) is 5.75 Å². The first-order chi connectivity index (χ1) is 13.5. The molecule has 1 aromatic heterocycles. The zero-order chi connectivity index (χ0) is 20.4. The Kier molecular flexibility index (Phi) is 8.68. The molecule has 0 saturated carbocycles. The summed E-state index contributed by atoms with van der Waals surface area (Å²) in [6, 6.07) is 9.40. The molecule has 0 aliphatic heterocycles. The molecule has 0 bridgehead atoms. The SMILES string of the molecule is COc1ccc(CCNC(=NCC(=O)N(C)C)NCCc2ccco2)c(Cl)c1. The minimum Gasteiger partial charge on any atom is -0.497 e. The summed E-state index contributed by atoms with van der Waals surface area (Å²) in [5.74, 6) is 2.13. The van der Waals surface area contributed by atoms with E-state index in [1.165, 1.54) is 4.90 Å². The molecular formula is C20H27ClN4O3. The molecule has 2 rings (SSSR count). The van der Waals surface area contributed by atoms with Crippen LogP contribution in [-0.4, -0.2) is 57.6 Å². The first-order valence-corrected chi connectivity index (χ1v) is 9.44. The maximum absolute atomic E-state index is 11.8. The molecule has 0 fully saturated rings. The van der Waals surface area contributed by atoms with Crippen molar-refractivity contribution in [2.24, 2.45) is 4.99 Å². The van der Waals surface area contributed by atoms with Crippen LogP contribution in [0.4, 0.5) is 0 Å². The van der Waals surface area contributed by atoms with Gasteiger partial charge in [0.15, 0.2) is 5.96 Å². The highest BCUT2D eigenvalue weighted by Gasteiger charge is 2.06. The van der Waals surface area contributed by atoms with E-state index in [4.69, 9.17) is 20.8 Å². The Balaban J connectivity index is 1.90. The lowest BCUT2D eigenvalue weighted by Gasteiger charge is -2.14. The number of aliphatic imine (C=N–C) groups is 1. The summed E-state index contributed by atoms with van der Waals surface area (Å²) in [5.41, 5.74) is 1.01. The van der Waals surface area contributed by atoms with Crippen molar-refractivity contribution in [2.75, 3.05) is 40.8 Å². The van der Waals surface area contributed by atoms with Crippen molar-refractivity contribution in [3.63, 3.8) is 0 Å². The van der Waals surface area contributed by atoms with Gasteiger partial charge in [-0.2, -0.15) is 0 Å². The van der Waals surface area contributed by atoms with E-state index >= 15 is 0 Å². The minimum atomic E-state index is -0.0645. The Morgan fingerprint density at radius 2 is 1.96 bits per heavy atom. The van der Waals surface area contributed by atoms with Gasteiger partial charge in [0.1, 0.15) is 18.1 Å². The van der Waals surface area contributed by atoms with Crippen molar-refractivity contribution in [1.29, 1.82) is 0 Å². The van der Waals surface area contributed by atoms with E-state index < -0.39 is 0 Å².